The second-order valence-corrected chi connectivity index (χ2v) is 3.17. The lowest BCUT2D eigenvalue weighted by molar-refractivity contribution is 1.06. The standard InChI is InChI=1S/C11H17B/c1-5-7-9-11(8-6-2)12-10(3)4/h5-10,12H,1-2H2,3-4H3/b9-7-,11-8+. The molecule has 0 radical (unpaired) electrons. The third-order valence-electron chi connectivity index (χ3n) is 1.42. The van der Waals surface area contributed by atoms with Crippen LogP contribution in [0.15, 0.2) is 49.0 Å². The molecule has 0 aliphatic rings. The molecule has 0 aliphatic carbocycles. The van der Waals surface area contributed by atoms with Gasteiger partial charge in [0.15, 0.2) is 7.28 Å². The van der Waals surface area contributed by atoms with E-state index in [2.05, 4.69) is 33.1 Å². The lowest BCUT2D eigenvalue weighted by Crippen LogP contribution is -1.97. The molecular formula is C11H17B. The topological polar surface area (TPSA) is 0 Å². The Morgan fingerprint density at radius 1 is 1.25 bits per heavy atom. The molecule has 0 saturated heterocycles. The smallest absolute Gasteiger partial charge is 0.0991 e. The Balaban J connectivity index is 4.23. The highest BCUT2D eigenvalue weighted by Crippen LogP contribution is 2.06. The molecule has 0 nitrogen and oxygen atoms in total. The maximum Gasteiger partial charge on any atom is 0.160 e. The molecular weight excluding hydrogens is 143 g/mol. The fourth-order valence-electron chi connectivity index (χ4n) is 1.01. The number of hydrogen-bond donors (Lipinski definition) is 0. The largest absolute Gasteiger partial charge is 0.160 e. The molecule has 0 saturated carbocycles. The predicted molar refractivity (Wildman–Crippen MR) is 59.9 cm³/mol. The fraction of sp³-hybridized carbons (Fsp3) is 0.273. The minimum atomic E-state index is 0.686. The molecule has 0 amide bonds. The third-order valence-corrected chi connectivity index (χ3v) is 1.42. The van der Waals surface area contributed by atoms with Gasteiger partial charge >= 0.3 is 0 Å². The van der Waals surface area contributed by atoms with Gasteiger partial charge in [-0.15, -0.1) is 0 Å². The van der Waals surface area contributed by atoms with E-state index in [0.29, 0.717) is 5.82 Å². The van der Waals surface area contributed by atoms with Crippen molar-refractivity contribution >= 4 is 7.28 Å². The van der Waals surface area contributed by atoms with E-state index in [-0.39, 0.29) is 0 Å². The summed E-state index contributed by atoms with van der Waals surface area (Å²) in [4.78, 5) is 0. The van der Waals surface area contributed by atoms with Crippen LogP contribution in [0.4, 0.5) is 0 Å². The fourth-order valence-corrected chi connectivity index (χ4v) is 1.01. The van der Waals surface area contributed by atoms with E-state index >= 15 is 0 Å². The van der Waals surface area contributed by atoms with Crippen LogP contribution in [0.25, 0.3) is 0 Å². The summed E-state index contributed by atoms with van der Waals surface area (Å²) in [6, 6.07) is 0. The molecule has 0 rings (SSSR count). The van der Waals surface area contributed by atoms with Gasteiger partial charge in [-0.05, 0) is 0 Å². The number of allylic oxidation sites excluding steroid dienone is 6. The summed E-state index contributed by atoms with van der Waals surface area (Å²) in [5.74, 6) is 0.686. The minimum Gasteiger partial charge on any atom is -0.0991 e. The summed E-state index contributed by atoms with van der Waals surface area (Å²) < 4.78 is 0. The van der Waals surface area contributed by atoms with Crippen molar-refractivity contribution in [2.75, 3.05) is 0 Å². The lowest BCUT2D eigenvalue weighted by atomic mass is 9.60. The Kier molecular flexibility index (Phi) is 6.17. The van der Waals surface area contributed by atoms with Crippen molar-refractivity contribution in [2.45, 2.75) is 19.7 Å². The average Bonchev–Trinajstić information content (AvgIpc) is 2.00. The second-order valence-electron chi connectivity index (χ2n) is 3.17. The molecule has 0 heterocycles. The molecule has 12 heavy (non-hydrogen) atoms. The van der Waals surface area contributed by atoms with Gasteiger partial charge in [0, 0.05) is 0 Å². The van der Waals surface area contributed by atoms with Crippen molar-refractivity contribution in [2.24, 2.45) is 0 Å². The normalized spacial score (nSPS) is 12.1. The zero-order valence-electron chi connectivity index (χ0n) is 8.09. The molecule has 0 bridgehead atoms. The zero-order valence-corrected chi connectivity index (χ0v) is 8.09. The summed E-state index contributed by atoms with van der Waals surface area (Å²) in [7, 11) is 1.09. The van der Waals surface area contributed by atoms with Crippen LogP contribution < -0.4 is 0 Å². The summed E-state index contributed by atoms with van der Waals surface area (Å²) >= 11 is 0. The summed E-state index contributed by atoms with van der Waals surface area (Å²) in [6.45, 7) is 11.7. The van der Waals surface area contributed by atoms with Crippen LogP contribution in [0.1, 0.15) is 13.8 Å². The molecule has 0 aliphatic heterocycles. The Hall–Kier alpha value is -0.975. The zero-order chi connectivity index (χ0) is 9.40. The molecule has 1 heteroatoms. The highest BCUT2D eigenvalue weighted by Gasteiger charge is 1.98. The Morgan fingerprint density at radius 2 is 1.92 bits per heavy atom. The maximum absolute atomic E-state index is 3.68. The van der Waals surface area contributed by atoms with E-state index in [4.69, 9.17) is 0 Å². The first-order valence-electron chi connectivity index (χ1n) is 4.31. The number of hydrogen-bond acceptors (Lipinski definition) is 0. The van der Waals surface area contributed by atoms with E-state index in [1.165, 1.54) is 5.47 Å². The molecule has 0 aromatic heterocycles. The quantitative estimate of drug-likeness (QED) is 0.428. The van der Waals surface area contributed by atoms with Gasteiger partial charge in [0.05, 0.1) is 0 Å². The van der Waals surface area contributed by atoms with Crippen molar-refractivity contribution < 1.29 is 0 Å². The molecule has 0 N–H and O–H groups in total. The first-order valence-corrected chi connectivity index (χ1v) is 4.31. The Bertz CT molecular complexity index is 197. The molecule has 0 atom stereocenters. The van der Waals surface area contributed by atoms with Crippen molar-refractivity contribution in [1.82, 2.24) is 0 Å². The van der Waals surface area contributed by atoms with Gasteiger partial charge in [0.25, 0.3) is 0 Å². The van der Waals surface area contributed by atoms with E-state index in [1.54, 1.807) is 6.08 Å². The van der Waals surface area contributed by atoms with Gasteiger partial charge in [0.2, 0.25) is 0 Å². The highest BCUT2D eigenvalue weighted by atomic mass is 13.8. The Morgan fingerprint density at radius 3 is 2.33 bits per heavy atom. The van der Waals surface area contributed by atoms with Crippen molar-refractivity contribution in [3.63, 3.8) is 0 Å². The van der Waals surface area contributed by atoms with Gasteiger partial charge in [-0.3, -0.25) is 0 Å². The lowest BCUT2D eigenvalue weighted by Gasteiger charge is -2.01. The van der Waals surface area contributed by atoms with Crippen LogP contribution in [0, 0.1) is 0 Å². The van der Waals surface area contributed by atoms with Crippen molar-refractivity contribution in [1.29, 1.82) is 0 Å². The van der Waals surface area contributed by atoms with Crippen LogP contribution in [0.3, 0.4) is 0 Å². The SMILES string of the molecule is C=C/C=C\C(BC(C)C)=C/C=C. The van der Waals surface area contributed by atoms with Gasteiger partial charge in [0.1, 0.15) is 0 Å². The van der Waals surface area contributed by atoms with Crippen LogP contribution in [0.2, 0.25) is 5.82 Å². The number of rotatable bonds is 5. The highest BCUT2D eigenvalue weighted by molar-refractivity contribution is 6.48. The van der Waals surface area contributed by atoms with E-state index in [0.717, 1.165) is 7.28 Å². The summed E-state index contributed by atoms with van der Waals surface area (Å²) in [5.41, 5.74) is 1.31. The van der Waals surface area contributed by atoms with Gasteiger partial charge in [-0.2, -0.15) is 0 Å². The van der Waals surface area contributed by atoms with Gasteiger partial charge < -0.3 is 0 Å². The Labute approximate surface area is 76.6 Å². The van der Waals surface area contributed by atoms with E-state index in [1.807, 2.05) is 18.2 Å². The third kappa shape index (κ3) is 5.78. The molecule has 0 aromatic carbocycles. The van der Waals surface area contributed by atoms with Crippen LogP contribution >= 0.6 is 0 Å². The van der Waals surface area contributed by atoms with Crippen molar-refractivity contribution in [3.05, 3.63) is 49.0 Å². The molecule has 64 valence electrons. The minimum absolute atomic E-state index is 0.686. The maximum atomic E-state index is 3.68. The summed E-state index contributed by atoms with van der Waals surface area (Å²) in [5, 5.41) is 0. The molecule has 0 fully saturated rings. The molecule has 0 unspecified atom stereocenters. The van der Waals surface area contributed by atoms with E-state index < -0.39 is 0 Å². The van der Waals surface area contributed by atoms with Gasteiger partial charge in [-0.1, -0.05) is 68.7 Å². The van der Waals surface area contributed by atoms with Crippen LogP contribution in [-0.2, 0) is 0 Å². The average molecular weight is 160 g/mol. The summed E-state index contributed by atoms with van der Waals surface area (Å²) in [6.07, 6.45) is 9.69. The van der Waals surface area contributed by atoms with Crippen molar-refractivity contribution in [3.8, 4) is 0 Å². The molecule has 0 spiro atoms. The first kappa shape index (κ1) is 11.0. The predicted octanol–water partition coefficient (Wildman–Crippen LogP) is 3.06. The molecule has 0 aromatic rings. The van der Waals surface area contributed by atoms with Crippen LogP contribution in [-0.4, -0.2) is 7.28 Å². The van der Waals surface area contributed by atoms with Gasteiger partial charge in [-0.25, -0.2) is 0 Å². The van der Waals surface area contributed by atoms with E-state index in [9.17, 15) is 0 Å². The first-order chi connectivity index (χ1) is 5.70. The second kappa shape index (κ2) is 6.72. The monoisotopic (exact) mass is 160 g/mol. The van der Waals surface area contributed by atoms with Crippen LogP contribution in [0.5, 0.6) is 0 Å².